The molecule has 2 heteroatoms. The highest BCUT2D eigenvalue weighted by atomic mass is 15.0. The average molecular weight is 212 g/mol. The van der Waals surface area contributed by atoms with Crippen LogP contribution in [-0.4, -0.2) is 18.1 Å². The monoisotopic (exact) mass is 212 g/mol. The zero-order chi connectivity index (χ0) is 11.3. The van der Waals surface area contributed by atoms with Crippen molar-refractivity contribution in [3.8, 4) is 0 Å². The first-order valence-corrected chi connectivity index (χ1v) is 6.63. The minimum absolute atomic E-state index is 0.212. The van der Waals surface area contributed by atoms with Crippen molar-refractivity contribution in [2.24, 2.45) is 11.7 Å². The molecule has 1 rings (SSSR count). The van der Waals surface area contributed by atoms with Crippen LogP contribution in [0.1, 0.15) is 59.3 Å². The molecule has 0 aromatic rings. The smallest absolute Gasteiger partial charge is 0.0303 e. The fourth-order valence-corrected chi connectivity index (χ4v) is 2.91. The van der Waals surface area contributed by atoms with Crippen LogP contribution < -0.4 is 11.1 Å². The van der Waals surface area contributed by atoms with Gasteiger partial charge in [-0.05, 0) is 38.0 Å². The molecule has 0 aromatic heterocycles. The van der Waals surface area contributed by atoms with Gasteiger partial charge in [-0.3, -0.25) is 0 Å². The van der Waals surface area contributed by atoms with Crippen LogP contribution in [-0.2, 0) is 0 Å². The van der Waals surface area contributed by atoms with Crippen LogP contribution >= 0.6 is 0 Å². The second-order valence-electron chi connectivity index (χ2n) is 5.35. The Morgan fingerprint density at radius 1 is 1.33 bits per heavy atom. The van der Waals surface area contributed by atoms with Crippen molar-refractivity contribution in [1.29, 1.82) is 0 Å². The van der Waals surface area contributed by atoms with Crippen LogP contribution in [0.25, 0.3) is 0 Å². The number of nitrogens with one attached hydrogen (secondary N) is 1. The lowest BCUT2D eigenvalue weighted by Gasteiger charge is -2.35. The van der Waals surface area contributed by atoms with Gasteiger partial charge in [0.15, 0.2) is 0 Å². The van der Waals surface area contributed by atoms with E-state index in [4.69, 9.17) is 5.73 Å². The van der Waals surface area contributed by atoms with E-state index in [1.54, 1.807) is 0 Å². The molecule has 1 aliphatic rings. The van der Waals surface area contributed by atoms with E-state index < -0.39 is 0 Å². The van der Waals surface area contributed by atoms with Gasteiger partial charge in [0, 0.05) is 18.1 Å². The largest absolute Gasteiger partial charge is 0.329 e. The highest BCUT2D eigenvalue weighted by molar-refractivity contribution is 4.92. The third-order valence-electron chi connectivity index (χ3n) is 4.00. The fraction of sp³-hybridized carbons (Fsp3) is 1.00. The van der Waals surface area contributed by atoms with E-state index >= 15 is 0 Å². The molecular weight excluding hydrogens is 184 g/mol. The first kappa shape index (κ1) is 13.0. The van der Waals surface area contributed by atoms with Crippen molar-refractivity contribution in [3.63, 3.8) is 0 Å². The summed E-state index contributed by atoms with van der Waals surface area (Å²) in [6.07, 6.45) is 7.65. The van der Waals surface area contributed by atoms with E-state index in [-0.39, 0.29) is 5.54 Å². The predicted molar refractivity (Wildman–Crippen MR) is 66.9 cm³/mol. The second-order valence-corrected chi connectivity index (χ2v) is 5.35. The molecule has 90 valence electrons. The minimum atomic E-state index is 0.212. The molecule has 0 amide bonds. The van der Waals surface area contributed by atoms with Crippen LogP contribution in [0.5, 0.6) is 0 Å². The van der Waals surface area contributed by atoms with Crippen LogP contribution in [0.15, 0.2) is 0 Å². The first-order valence-electron chi connectivity index (χ1n) is 6.63. The van der Waals surface area contributed by atoms with Gasteiger partial charge in [-0.15, -0.1) is 0 Å². The number of hydrogen-bond acceptors (Lipinski definition) is 2. The summed E-state index contributed by atoms with van der Waals surface area (Å²) >= 11 is 0. The van der Waals surface area contributed by atoms with E-state index in [2.05, 4.69) is 26.1 Å². The van der Waals surface area contributed by atoms with Gasteiger partial charge in [0.25, 0.3) is 0 Å². The molecule has 3 atom stereocenters. The van der Waals surface area contributed by atoms with Crippen LogP contribution in [0.2, 0.25) is 0 Å². The maximum absolute atomic E-state index is 5.95. The Balaban J connectivity index is 2.49. The lowest BCUT2D eigenvalue weighted by atomic mass is 9.89. The quantitative estimate of drug-likeness (QED) is 0.710. The number of hydrogen-bond donors (Lipinski definition) is 2. The van der Waals surface area contributed by atoms with Gasteiger partial charge >= 0.3 is 0 Å². The molecule has 1 fully saturated rings. The molecule has 3 unspecified atom stereocenters. The van der Waals surface area contributed by atoms with Gasteiger partial charge in [0.05, 0.1) is 0 Å². The van der Waals surface area contributed by atoms with Crippen LogP contribution in [0.4, 0.5) is 0 Å². The van der Waals surface area contributed by atoms with Crippen LogP contribution in [0, 0.1) is 5.92 Å². The standard InChI is InChI=1S/C13H28N2/c1-4-8-13(5-2,10-14)15-12-7-6-11(3)9-12/h11-12,15H,4-10,14H2,1-3H3. The first-order chi connectivity index (χ1) is 7.15. The Labute approximate surface area is 95.0 Å². The molecule has 0 spiro atoms. The zero-order valence-electron chi connectivity index (χ0n) is 10.7. The van der Waals surface area contributed by atoms with Crippen molar-refractivity contribution in [2.45, 2.75) is 70.9 Å². The summed E-state index contributed by atoms with van der Waals surface area (Å²) < 4.78 is 0. The molecule has 0 aliphatic heterocycles. The third kappa shape index (κ3) is 3.46. The molecular formula is C13H28N2. The summed E-state index contributed by atoms with van der Waals surface area (Å²) in [5.74, 6) is 0.899. The van der Waals surface area contributed by atoms with Crippen molar-refractivity contribution >= 4 is 0 Å². The van der Waals surface area contributed by atoms with Crippen molar-refractivity contribution < 1.29 is 0 Å². The lowest BCUT2D eigenvalue weighted by Crippen LogP contribution is -2.54. The van der Waals surface area contributed by atoms with E-state index in [1.807, 2.05) is 0 Å². The molecule has 2 nitrogen and oxygen atoms in total. The Bertz CT molecular complexity index is 175. The van der Waals surface area contributed by atoms with Crippen molar-refractivity contribution in [3.05, 3.63) is 0 Å². The summed E-state index contributed by atoms with van der Waals surface area (Å²) in [6, 6.07) is 0.718. The van der Waals surface area contributed by atoms with Crippen molar-refractivity contribution in [2.75, 3.05) is 6.54 Å². The Morgan fingerprint density at radius 3 is 2.47 bits per heavy atom. The van der Waals surface area contributed by atoms with Gasteiger partial charge in [-0.2, -0.15) is 0 Å². The van der Waals surface area contributed by atoms with Gasteiger partial charge in [-0.1, -0.05) is 27.2 Å². The summed E-state index contributed by atoms with van der Waals surface area (Å²) in [7, 11) is 0. The van der Waals surface area contributed by atoms with Crippen molar-refractivity contribution in [1.82, 2.24) is 5.32 Å². The minimum Gasteiger partial charge on any atom is -0.329 e. The summed E-state index contributed by atoms with van der Waals surface area (Å²) in [4.78, 5) is 0. The van der Waals surface area contributed by atoms with E-state index in [0.29, 0.717) is 0 Å². The average Bonchev–Trinajstić information content (AvgIpc) is 2.63. The Hall–Kier alpha value is -0.0800. The van der Waals surface area contributed by atoms with E-state index in [1.165, 1.54) is 32.1 Å². The molecule has 0 heterocycles. The molecule has 0 saturated heterocycles. The summed E-state index contributed by atoms with van der Waals surface area (Å²) in [5.41, 5.74) is 6.17. The van der Waals surface area contributed by atoms with Gasteiger partial charge < -0.3 is 11.1 Å². The lowest BCUT2D eigenvalue weighted by molar-refractivity contribution is 0.259. The van der Waals surface area contributed by atoms with E-state index in [9.17, 15) is 0 Å². The molecule has 1 saturated carbocycles. The molecule has 15 heavy (non-hydrogen) atoms. The van der Waals surface area contributed by atoms with E-state index in [0.717, 1.165) is 24.9 Å². The topological polar surface area (TPSA) is 38.0 Å². The number of rotatable bonds is 6. The van der Waals surface area contributed by atoms with Gasteiger partial charge in [0.2, 0.25) is 0 Å². The van der Waals surface area contributed by atoms with Crippen LogP contribution in [0.3, 0.4) is 0 Å². The Morgan fingerprint density at radius 2 is 2.07 bits per heavy atom. The maximum Gasteiger partial charge on any atom is 0.0303 e. The second kappa shape index (κ2) is 5.86. The fourth-order valence-electron chi connectivity index (χ4n) is 2.91. The SMILES string of the molecule is CCCC(CC)(CN)NC1CCC(C)C1. The molecule has 3 N–H and O–H groups in total. The molecule has 0 bridgehead atoms. The molecule has 1 aliphatic carbocycles. The third-order valence-corrected chi connectivity index (χ3v) is 4.00. The summed E-state index contributed by atoms with van der Waals surface area (Å²) in [6.45, 7) is 7.65. The highest BCUT2D eigenvalue weighted by Gasteiger charge is 2.31. The number of nitrogens with two attached hydrogens (primary N) is 1. The predicted octanol–water partition coefficient (Wildman–Crippen LogP) is 2.67. The zero-order valence-corrected chi connectivity index (χ0v) is 10.7. The summed E-state index contributed by atoms with van der Waals surface area (Å²) in [5, 5.41) is 3.84. The van der Waals surface area contributed by atoms with Gasteiger partial charge in [0.1, 0.15) is 0 Å². The normalized spacial score (nSPS) is 30.4. The Kier molecular flexibility index (Phi) is 5.07. The molecule has 0 aromatic carbocycles. The van der Waals surface area contributed by atoms with Gasteiger partial charge in [-0.25, -0.2) is 0 Å². The highest BCUT2D eigenvalue weighted by Crippen LogP contribution is 2.28. The maximum atomic E-state index is 5.95. The molecule has 0 radical (unpaired) electrons.